The molecule has 0 aromatic carbocycles. The topological polar surface area (TPSA) is 52.9 Å². The quantitative estimate of drug-likeness (QED) is 0.651. The van der Waals surface area contributed by atoms with Crippen molar-refractivity contribution >= 4 is 5.91 Å². The predicted octanol–water partition coefficient (Wildman–Crippen LogP) is 1.45. The van der Waals surface area contributed by atoms with Crippen molar-refractivity contribution in [3.05, 3.63) is 0 Å². The number of hydrogen-bond donors (Lipinski definition) is 1. The largest absolute Gasteiger partial charge is 0.355 e. The molecule has 1 rings (SSSR count). The standard InChI is InChI=1S/C10H16N2O/c1-8(7-11)10(13)12-6-2-3-9-4-5-9/h8-9H,2-6H2,1H3,(H,12,13). The number of carbonyl (C=O) groups is 1. The van der Waals surface area contributed by atoms with Gasteiger partial charge in [-0.05, 0) is 25.7 Å². The first-order valence-electron chi connectivity index (χ1n) is 4.91. The van der Waals surface area contributed by atoms with Gasteiger partial charge in [0.15, 0.2) is 0 Å². The van der Waals surface area contributed by atoms with Crippen LogP contribution in [0.25, 0.3) is 0 Å². The Bertz CT molecular complexity index is 215. The molecule has 1 fully saturated rings. The summed E-state index contributed by atoms with van der Waals surface area (Å²) in [4.78, 5) is 11.1. The molecule has 0 bridgehead atoms. The molecule has 3 nitrogen and oxygen atoms in total. The molecule has 0 heterocycles. The van der Waals surface area contributed by atoms with Crippen LogP contribution in [-0.2, 0) is 4.79 Å². The SMILES string of the molecule is CC(C#N)C(=O)NCCCC1CC1. The van der Waals surface area contributed by atoms with E-state index in [1.165, 1.54) is 19.3 Å². The number of nitriles is 1. The van der Waals surface area contributed by atoms with Gasteiger partial charge in [-0.2, -0.15) is 5.26 Å². The van der Waals surface area contributed by atoms with Gasteiger partial charge in [0.05, 0.1) is 6.07 Å². The van der Waals surface area contributed by atoms with E-state index in [0.29, 0.717) is 0 Å². The lowest BCUT2D eigenvalue weighted by Gasteiger charge is -2.04. The lowest BCUT2D eigenvalue weighted by Crippen LogP contribution is -2.29. The Morgan fingerprint density at radius 1 is 1.69 bits per heavy atom. The van der Waals surface area contributed by atoms with E-state index < -0.39 is 5.92 Å². The maximum absolute atomic E-state index is 11.1. The molecule has 1 aliphatic carbocycles. The fourth-order valence-corrected chi connectivity index (χ4v) is 1.22. The van der Waals surface area contributed by atoms with Crippen molar-refractivity contribution in [3.8, 4) is 6.07 Å². The van der Waals surface area contributed by atoms with Gasteiger partial charge in [-0.1, -0.05) is 12.8 Å². The minimum atomic E-state index is -0.513. The zero-order valence-corrected chi connectivity index (χ0v) is 8.05. The van der Waals surface area contributed by atoms with Crippen LogP contribution in [0.4, 0.5) is 0 Å². The lowest BCUT2D eigenvalue weighted by atomic mass is 10.2. The summed E-state index contributed by atoms with van der Waals surface area (Å²) < 4.78 is 0. The second kappa shape index (κ2) is 4.86. The molecule has 0 radical (unpaired) electrons. The highest BCUT2D eigenvalue weighted by Gasteiger charge is 2.20. The zero-order chi connectivity index (χ0) is 9.68. The second-order valence-corrected chi connectivity index (χ2v) is 3.73. The maximum Gasteiger partial charge on any atom is 0.237 e. The maximum atomic E-state index is 11.1. The molecule has 72 valence electrons. The molecule has 0 aromatic heterocycles. The highest BCUT2D eigenvalue weighted by Crippen LogP contribution is 2.33. The van der Waals surface area contributed by atoms with Crippen LogP contribution < -0.4 is 5.32 Å². The van der Waals surface area contributed by atoms with E-state index in [1.54, 1.807) is 6.92 Å². The summed E-state index contributed by atoms with van der Waals surface area (Å²) in [5.41, 5.74) is 0. The Hall–Kier alpha value is -1.04. The zero-order valence-electron chi connectivity index (χ0n) is 8.05. The van der Waals surface area contributed by atoms with Crippen LogP contribution >= 0.6 is 0 Å². The van der Waals surface area contributed by atoms with Crippen LogP contribution in [0.2, 0.25) is 0 Å². The Labute approximate surface area is 79.1 Å². The number of amides is 1. The van der Waals surface area contributed by atoms with E-state index in [4.69, 9.17) is 5.26 Å². The van der Waals surface area contributed by atoms with Crippen LogP contribution in [0.3, 0.4) is 0 Å². The third kappa shape index (κ3) is 3.93. The predicted molar refractivity (Wildman–Crippen MR) is 49.7 cm³/mol. The van der Waals surface area contributed by atoms with Gasteiger partial charge in [-0.15, -0.1) is 0 Å². The first kappa shape index (κ1) is 10.0. The molecular formula is C10H16N2O. The molecular weight excluding hydrogens is 164 g/mol. The van der Waals surface area contributed by atoms with Crippen LogP contribution in [-0.4, -0.2) is 12.5 Å². The molecule has 1 unspecified atom stereocenters. The average molecular weight is 180 g/mol. The molecule has 1 atom stereocenters. The van der Waals surface area contributed by atoms with Crippen molar-refractivity contribution in [2.24, 2.45) is 11.8 Å². The first-order valence-corrected chi connectivity index (χ1v) is 4.91. The normalized spacial score (nSPS) is 17.5. The van der Waals surface area contributed by atoms with Crippen molar-refractivity contribution in [3.63, 3.8) is 0 Å². The molecule has 1 aliphatic rings. The molecule has 0 aromatic rings. The number of carbonyl (C=O) groups excluding carboxylic acids is 1. The summed E-state index contributed by atoms with van der Waals surface area (Å²) >= 11 is 0. The van der Waals surface area contributed by atoms with Crippen LogP contribution in [0, 0.1) is 23.2 Å². The van der Waals surface area contributed by atoms with Gasteiger partial charge in [0, 0.05) is 6.54 Å². The average Bonchev–Trinajstić information content (AvgIpc) is 2.94. The van der Waals surface area contributed by atoms with Crippen molar-refractivity contribution in [2.75, 3.05) is 6.54 Å². The van der Waals surface area contributed by atoms with E-state index in [9.17, 15) is 4.79 Å². The van der Waals surface area contributed by atoms with Crippen molar-refractivity contribution in [1.29, 1.82) is 5.26 Å². The molecule has 1 N–H and O–H groups in total. The highest BCUT2D eigenvalue weighted by atomic mass is 16.1. The van der Waals surface area contributed by atoms with Gasteiger partial charge in [-0.3, -0.25) is 4.79 Å². The summed E-state index contributed by atoms with van der Waals surface area (Å²) in [7, 11) is 0. The van der Waals surface area contributed by atoms with Crippen LogP contribution in [0.15, 0.2) is 0 Å². The number of rotatable bonds is 5. The molecule has 1 amide bonds. The summed E-state index contributed by atoms with van der Waals surface area (Å²) in [6.07, 6.45) is 5.00. The van der Waals surface area contributed by atoms with E-state index in [-0.39, 0.29) is 5.91 Å². The minimum Gasteiger partial charge on any atom is -0.355 e. The first-order chi connectivity index (χ1) is 6.24. The number of nitrogens with one attached hydrogen (secondary N) is 1. The fourth-order valence-electron chi connectivity index (χ4n) is 1.22. The second-order valence-electron chi connectivity index (χ2n) is 3.73. The summed E-state index contributed by atoms with van der Waals surface area (Å²) in [5.74, 6) is 0.268. The Morgan fingerprint density at radius 2 is 2.38 bits per heavy atom. The van der Waals surface area contributed by atoms with Gasteiger partial charge in [0.1, 0.15) is 5.92 Å². The molecule has 1 saturated carbocycles. The van der Waals surface area contributed by atoms with Crippen LogP contribution in [0.5, 0.6) is 0 Å². The number of hydrogen-bond acceptors (Lipinski definition) is 2. The minimum absolute atomic E-state index is 0.140. The molecule has 13 heavy (non-hydrogen) atoms. The van der Waals surface area contributed by atoms with Crippen molar-refractivity contribution < 1.29 is 4.79 Å². The Balaban J connectivity index is 1.97. The van der Waals surface area contributed by atoms with Gasteiger partial charge in [0.25, 0.3) is 0 Å². The van der Waals surface area contributed by atoms with Gasteiger partial charge < -0.3 is 5.32 Å². The van der Waals surface area contributed by atoms with Gasteiger partial charge in [0.2, 0.25) is 5.91 Å². The van der Waals surface area contributed by atoms with E-state index in [0.717, 1.165) is 18.9 Å². The Morgan fingerprint density at radius 3 is 2.92 bits per heavy atom. The monoisotopic (exact) mass is 180 g/mol. The van der Waals surface area contributed by atoms with E-state index >= 15 is 0 Å². The smallest absolute Gasteiger partial charge is 0.237 e. The summed E-state index contributed by atoms with van der Waals surface area (Å²) in [6.45, 7) is 2.34. The van der Waals surface area contributed by atoms with E-state index in [1.807, 2.05) is 6.07 Å². The van der Waals surface area contributed by atoms with E-state index in [2.05, 4.69) is 5.32 Å². The molecule has 3 heteroatoms. The molecule has 0 saturated heterocycles. The fraction of sp³-hybridized carbons (Fsp3) is 0.800. The van der Waals surface area contributed by atoms with Crippen LogP contribution in [0.1, 0.15) is 32.6 Å². The van der Waals surface area contributed by atoms with Gasteiger partial charge in [-0.25, -0.2) is 0 Å². The van der Waals surface area contributed by atoms with Gasteiger partial charge >= 0.3 is 0 Å². The molecule has 0 aliphatic heterocycles. The Kier molecular flexibility index (Phi) is 3.75. The lowest BCUT2D eigenvalue weighted by molar-refractivity contribution is -0.122. The number of nitrogens with zero attached hydrogens (tertiary/aromatic N) is 1. The van der Waals surface area contributed by atoms with Crippen molar-refractivity contribution in [2.45, 2.75) is 32.6 Å². The van der Waals surface area contributed by atoms with Crippen molar-refractivity contribution in [1.82, 2.24) is 5.32 Å². The highest BCUT2D eigenvalue weighted by molar-refractivity contribution is 5.80. The third-order valence-electron chi connectivity index (χ3n) is 2.37. The summed E-state index contributed by atoms with van der Waals surface area (Å²) in [6, 6.07) is 1.91. The molecule has 0 spiro atoms. The third-order valence-corrected chi connectivity index (χ3v) is 2.37. The summed E-state index contributed by atoms with van der Waals surface area (Å²) in [5, 5.41) is 11.2.